The Labute approximate surface area is 72.3 Å². The van der Waals surface area contributed by atoms with Gasteiger partial charge in [-0.05, 0) is 12.5 Å². The molecule has 0 saturated heterocycles. The van der Waals surface area contributed by atoms with E-state index in [1.807, 2.05) is 0 Å². The second kappa shape index (κ2) is 4.11. The van der Waals surface area contributed by atoms with Crippen molar-refractivity contribution >= 4 is 5.82 Å². The summed E-state index contributed by atoms with van der Waals surface area (Å²) in [6.07, 6.45) is 2.67. The molecule has 4 nitrogen and oxygen atoms in total. The molecule has 0 aliphatic heterocycles. The Morgan fingerprint density at radius 2 is 2.50 bits per heavy atom. The average Bonchev–Trinajstić information content (AvgIpc) is 2.47. The maximum Gasteiger partial charge on any atom is 0.122 e. The number of hydrogen-bond acceptors (Lipinski definition) is 3. The summed E-state index contributed by atoms with van der Waals surface area (Å²) < 4.78 is 6.85. The van der Waals surface area contributed by atoms with Crippen LogP contribution in [0.4, 0.5) is 5.82 Å². The first kappa shape index (κ1) is 9.06. The van der Waals surface area contributed by atoms with Gasteiger partial charge in [-0.25, -0.2) is 4.68 Å². The molecule has 1 atom stereocenters. The van der Waals surface area contributed by atoms with Gasteiger partial charge in [0.05, 0.1) is 18.8 Å². The number of nitrogens with two attached hydrogens (primary N) is 1. The van der Waals surface area contributed by atoms with E-state index in [0.29, 0.717) is 12.4 Å². The molecule has 0 spiro atoms. The highest BCUT2D eigenvalue weighted by atomic mass is 16.5. The van der Waals surface area contributed by atoms with Gasteiger partial charge in [-0.15, -0.1) is 0 Å². The average molecular weight is 169 g/mol. The van der Waals surface area contributed by atoms with E-state index in [2.05, 4.69) is 12.0 Å². The Bertz CT molecular complexity index is 234. The lowest BCUT2D eigenvalue weighted by atomic mass is 10.2. The molecule has 0 bridgehead atoms. The molecule has 2 N–H and O–H groups in total. The summed E-state index contributed by atoms with van der Waals surface area (Å²) in [5.74, 6) is 0.693. The van der Waals surface area contributed by atoms with Crippen LogP contribution in [0.25, 0.3) is 0 Å². The molecule has 0 saturated carbocycles. The molecule has 0 radical (unpaired) electrons. The van der Waals surface area contributed by atoms with E-state index in [0.717, 1.165) is 6.42 Å². The third-order valence-electron chi connectivity index (χ3n) is 1.88. The normalized spacial score (nSPS) is 13.2. The molecular weight excluding hydrogens is 154 g/mol. The fourth-order valence-electron chi connectivity index (χ4n) is 1.18. The highest BCUT2D eigenvalue weighted by molar-refractivity contribution is 5.26. The van der Waals surface area contributed by atoms with Crippen molar-refractivity contribution in [1.29, 1.82) is 0 Å². The molecule has 0 aliphatic carbocycles. The Balaban J connectivity index is 2.72. The SMILES string of the molecule is CCC(COC)n1nccc1N. The molecule has 4 heteroatoms. The molecule has 1 rings (SSSR count). The largest absolute Gasteiger partial charge is 0.384 e. The molecular formula is C8H15N3O. The van der Waals surface area contributed by atoms with Crippen molar-refractivity contribution in [1.82, 2.24) is 9.78 Å². The summed E-state index contributed by atoms with van der Waals surface area (Å²) in [5.41, 5.74) is 5.69. The quantitative estimate of drug-likeness (QED) is 0.733. The molecule has 1 heterocycles. The number of hydrogen-bond donors (Lipinski definition) is 1. The minimum absolute atomic E-state index is 0.255. The van der Waals surface area contributed by atoms with E-state index < -0.39 is 0 Å². The molecule has 68 valence electrons. The lowest BCUT2D eigenvalue weighted by Crippen LogP contribution is -2.16. The van der Waals surface area contributed by atoms with Gasteiger partial charge >= 0.3 is 0 Å². The fraction of sp³-hybridized carbons (Fsp3) is 0.625. The molecule has 12 heavy (non-hydrogen) atoms. The number of methoxy groups -OCH3 is 1. The van der Waals surface area contributed by atoms with E-state index in [1.165, 1.54) is 0 Å². The van der Waals surface area contributed by atoms with Crippen LogP contribution in [-0.2, 0) is 4.74 Å². The molecule has 1 aromatic heterocycles. The van der Waals surface area contributed by atoms with Crippen LogP contribution < -0.4 is 5.73 Å². The molecule has 1 unspecified atom stereocenters. The first-order chi connectivity index (χ1) is 5.79. The molecule has 0 amide bonds. The van der Waals surface area contributed by atoms with Crippen molar-refractivity contribution in [2.24, 2.45) is 0 Å². The number of ether oxygens (including phenoxy) is 1. The van der Waals surface area contributed by atoms with Crippen molar-refractivity contribution in [2.45, 2.75) is 19.4 Å². The van der Waals surface area contributed by atoms with Gasteiger partial charge in [-0.2, -0.15) is 5.10 Å². The Hall–Kier alpha value is -1.03. The third-order valence-corrected chi connectivity index (χ3v) is 1.88. The predicted octanol–water partition coefficient (Wildman–Crippen LogP) is 1.06. The number of nitrogen functional groups attached to an aromatic ring is 1. The topological polar surface area (TPSA) is 53.1 Å². The van der Waals surface area contributed by atoms with Crippen LogP contribution >= 0.6 is 0 Å². The van der Waals surface area contributed by atoms with E-state index >= 15 is 0 Å². The summed E-state index contributed by atoms with van der Waals surface area (Å²) in [6, 6.07) is 2.04. The zero-order valence-corrected chi connectivity index (χ0v) is 7.53. The van der Waals surface area contributed by atoms with E-state index in [-0.39, 0.29) is 6.04 Å². The van der Waals surface area contributed by atoms with Crippen LogP contribution in [0.5, 0.6) is 0 Å². The minimum atomic E-state index is 0.255. The summed E-state index contributed by atoms with van der Waals surface area (Å²) in [6.45, 7) is 2.74. The first-order valence-corrected chi connectivity index (χ1v) is 4.07. The monoisotopic (exact) mass is 169 g/mol. The molecule has 1 aromatic rings. The van der Waals surface area contributed by atoms with Crippen molar-refractivity contribution in [3.63, 3.8) is 0 Å². The third kappa shape index (κ3) is 1.76. The number of rotatable bonds is 4. The van der Waals surface area contributed by atoms with Crippen LogP contribution in [0.15, 0.2) is 12.3 Å². The van der Waals surface area contributed by atoms with Crippen LogP contribution in [0.3, 0.4) is 0 Å². The van der Waals surface area contributed by atoms with Crippen LogP contribution in [0.1, 0.15) is 19.4 Å². The van der Waals surface area contributed by atoms with Crippen molar-refractivity contribution in [3.8, 4) is 0 Å². The van der Waals surface area contributed by atoms with Gasteiger partial charge in [0.15, 0.2) is 0 Å². The van der Waals surface area contributed by atoms with Crippen LogP contribution in [0, 0.1) is 0 Å². The first-order valence-electron chi connectivity index (χ1n) is 4.07. The second-order valence-electron chi connectivity index (χ2n) is 2.72. The molecule has 0 aromatic carbocycles. The lowest BCUT2D eigenvalue weighted by Gasteiger charge is -2.15. The Morgan fingerprint density at radius 3 is 2.92 bits per heavy atom. The molecule has 0 fully saturated rings. The Kier molecular flexibility index (Phi) is 3.10. The van der Waals surface area contributed by atoms with Crippen LogP contribution in [0.2, 0.25) is 0 Å². The number of nitrogens with zero attached hydrogens (tertiary/aromatic N) is 2. The van der Waals surface area contributed by atoms with Gasteiger partial charge in [-0.1, -0.05) is 6.92 Å². The van der Waals surface area contributed by atoms with Crippen molar-refractivity contribution in [2.75, 3.05) is 19.5 Å². The van der Waals surface area contributed by atoms with Crippen molar-refractivity contribution in [3.05, 3.63) is 12.3 Å². The van der Waals surface area contributed by atoms with Gasteiger partial charge in [0.2, 0.25) is 0 Å². The predicted molar refractivity (Wildman–Crippen MR) is 47.8 cm³/mol. The Morgan fingerprint density at radius 1 is 1.75 bits per heavy atom. The van der Waals surface area contributed by atoms with Gasteiger partial charge in [0, 0.05) is 7.11 Å². The number of aromatic nitrogens is 2. The summed E-state index contributed by atoms with van der Waals surface area (Å²) >= 11 is 0. The zero-order chi connectivity index (χ0) is 8.97. The van der Waals surface area contributed by atoms with Gasteiger partial charge < -0.3 is 10.5 Å². The van der Waals surface area contributed by atoms with Gasteiger partial charge in [0.1, 0.15) is 5.82 Å². The summed E-state index contributed by atoms with van der Waals surface area (Å²) in [4.78, 5) is 0. The van der Waals surface area contributed by atoms with Crippen molar-refractivity contribution < 1.29 is 4.74 Å². The fourth-order valence-corrected chi connectivity index (χ4v) is 1.18. The maximum atomic E-state index is 5.69. The zero-order valence-electron chi connectivity index (χ0n) is 7.53. The maximum absolute atomic E-state index is 5.69. The van der Waals surface area contributed by atoms with E-state index in [4.69, 9.17) is 10.5 Å². The van der Waals surface area contributed by atoms with Gasteiger partial charge in [0.25, 0.3) is 0 Å². The standard InChI is InChI=1S/C8H15N3O/c1-3-7(6-12-2)11-8(9)4-5-10-11/h4-5,7H,3,6,9H2,1-2H3. The lowest BCUT2D eigenvalue weighted by molar-refractivity contribution is 0.148. The smallest absolute Gasteiger partial charge is 0.122 e. The summed E-state index contributed by atoms with van der Waals surface area (Å²) in [7, 11) is 1.68. The highest BCUT2D eigenvalue weighted by Crippen LogP contribution is 2.14. The highest BCUT2D eigenvalue weighted by Gasteiger charge is 2.10. The van der Waals surface area contributed by atoms with E-state index in [9.17, 15) is 0 Å². The minimum Gasteiger partial charge on any atom is -0.384 e. The summed E-state index contributed by atoms with van der Waals surface area (Å²) in [5, 5.41) is 4.12. The number of anilines is 1. The van der Waals surface area contributed by atoms with E-state index in [1.54, 1.807) is 24.1 Å². The second-order valence-corrected chi connectivity index (χ2v) is 2.72. The van der Waals surface area contributed by atoms with Gasteiger partial charge in [-0.3, -0.25) is 0 Å². The van der Waals surface area contributed by atoms with Crippen LogP contribution in [-0.4, -0.2) is 23.5 Å². The molecule has 0 aliphatic rings.